The Morgan fingerprint density at radius 2 is 2.15 bits per heavy atom. The molecule has 0 aromatic carbocycles. The average Bonchev–Trinajstić information content (AvgIpc) is 2.98. The molecule has 20 heavy (non-hydrogen) atoms. The standard InChI is InChI=1S/C12H17N5OS2/c1-12(2,3)9-15-16-10(20-9)14-11(18)17(4)7-8-13-5-6-19-8/h5-6H,7H2,1-4H3,(H,14,16,18). The summed E-state index contributed by atoms with van der Waals surface area (Å²) in [6, 6.07) is -0.211. The molecule has 0 aliphatic rings. The molecule has 108 valence electrons. The summed E-state index contributed by atoms with van der Waals surface area (Å²) in [4.78, 5) is 17.7. The van der Waals surface area contributed by atoms with Crippen LogP contribution in [-0.4, -0.2) is 33.2 Å². The van der Waals surface area contributed by atoms with E-state index in [1.165, 1.54) is 22.7 Å². The maximum atomic E-state index is 12.0. The van der Waals surface area contributed by atoms with Gasteiger partial charge in [0.1, 0.15) is 10.0 Å². The number of hydrogen-bond acceptors (Lipinski definition) is 6. The zero-order chi connectivity index (χ0) is 14.8. The smallest absolute Gasteiger partial charge is 0.321 e. The van der Waals surface area contributed by atoms with Crippen molar-refractivity contribution in [2.45, 2.75) is 32.7 Å². The molecular formula is C12H17N5OS2. The number of carbonyl (C=O) groups is 1. The summed E-state index contributed by atoms with van der Waals surface area (Å²) in [5.41, 5.74) is -0.0621. The van der Waals surface area contributed by atoms with Crippen molar-refractivity contribution >= 4 is 33.8 Å². The van der Waals surface area contributed by atoms with E-state index < -0.39 is 0 Å². The van der Waals surface area contributed by atoms with Crippen molar-refractivity contribution in [1.29, 1.82) is 0 Å². The van der Waals surface area contributed by atoms with Crippen LogP contribution in [0.5, 0.6) is 0 Å². The Morgan fingerprint density at radius 3 is 2.70 bits per heavy atom. The first-order valence-electron chi connectivity index (χ1n) is 6.11. The maximum Gasteiger partial charge on any atom is 0.323 e. The lowest BCUT2D eigenvalue weighted by Crippen LogP contribution is -2.30. The summed E-state index contributed by atoms with van der Waals surface area (Å²) >= 11 is 2.92. The summed E-state index contributed by atoms with van der Waals surface area (Å²) in [5, 5.41) is 15.1. The van der Waals surface area contributed by atoms with Crippen molar-refractivity contribution in [3.63, 3.8) is 0 Å². The number of rotatable bonds is 3. The van der Waals surface area contributed by atoms with Crippen LogP contribution in [0.25, 0.3) is 0 Å². The first kappa shape index (κ1) is 14.9. The van der Waals surface area contributed by atoms with E-state index in [1.807, 2.05) is 5.38 Å². The normalized spacial score (nSPS) is 11.4. The van der Waals surface area contributed by atoms with Crippen molar-refractivity contribution < 1.29 is 4.79 Å². The largest absolute Gasteiger partial charge is 0.323 e. The third-order valence-electron chi connectivity index (χ3n) is 2.48. The molecule has 0 bridgehead atoms. The first-order valence-corrected chi connectivity index (χ1v) is 7.80. The van der Waals surface area contributed by atoms with Crippen LogP contribution < -0.4 is 5.32 Å². The Morgan fingerprint density at radius 1 is 1.40 bits per heavy atom. The Hall–Kier alpha value is -1.54. The van der Waals surface area contributed by atoms with E-state index in [2.05, 4.69) is 41.3 Å². The van der Waals surface area contributed by atoms with Gasteiger partial charge in [-0.15, -0.1) is 21.5 Å². The van der Waals surface area contributed by atoms with E-state index in [4.69, 9.17) is 0 Å². The third kappa shape index (κ3) is 3.73. The van der Waals surface area contributed by atoms with Gasteiger partial charge in [-0.1, -0.05) is 32.1 Å². The molecule has 6 nitrogen and oxygen atoms in total. The fourth-order valence-electron chi connectivity index (χ4n) is 1.37. The highest BCUT2D eigenvalue weighted by molar-refractivity contribution is 7.15. The lowest BCUT2D eigenvalue weighted by Gasteiger charge is -2.15. The Bertz CT molecular complexity index is 573. The van der Waals surface area contributed by atoms with E-state index in [-0.39, 0.29) is 11.4 Å². The highest BCUT2D eigenvalue weighted by atomic mass is 32.1. The van der Waals surface area contributed by atoms with Crippen molar-refractivity contribution in [1.82, 2.24) is 20.1 Å². The molecule has 2 aromatic rings. The van der Waals surface area contributed by atoms with Crippen molar-refractivity contribution in [2.75, 3.05) is 12.4 Å². The zero-order valence-electron chi connectivity index (χ0n) is 11.9. The Kier molecular flexibility index (Phi) is 4.34. The molecule has 2 amide bonds. The second kappa shape index (κ2) is 5.84. The molecule has 0 aliphatic carbocycles. The van der Waals surface area contributed by atoms with Gasteiger partial charge in [-0.25, -0.2) is 9.78 Å². The maximum absolute atomic E-state index is 12.0. The number of nitrogens with one attached hydrogen (secondary N) is 1. The van der Waals surface area contributed by atoms with Gasteiger partial charge in [0.15, 0.2) is 0 Å². The highest BCUT2D eigenvalue weighted by Gasteiger charge is 2.20. The molecule has 0 unspecified atom stereocenters. The van der Waals surface area contributed by atoms with Crippen LogP contribution in [0.4, 0.5) is 9.93 Å². The van der Waals surface area contributed by atoms with Crippen molar-refractivity contribution in [3.05, 3.63) is 21.6 Å². The van der Waals surface area contributed by atoms with Gasteiger partial charge >= 0.3 is 6.03 Å². The molecule has 2 rings (SSSR count). The van der Waals surface area contributed by atoms with Crippen LogP contribution in [0.3, 0.4) is 0 Å². The quantitative estimate of drug-likeness (QED) is 0.946. The SMILES string of the molecule is CN(Cc1nccs1)C(=O)Nc1nnc(C(C)(C)C)s1. The summed E-state index contributed by atoms with van der Waals surface area (Å²) < 4.78 is 0. The molecule has 1 N–H and O–H groups in total. The predicted octanol–water partition coefficient (Wildman–Crippen LogP) is 2.96. The molecule has 0 atom stereocenters. The number of amides is 2. The van der Waals surface area contributed by atoms with Gasteiger partial charge in [0.2, 0.25) is 5.13 Å². The van der Waals surface area contributed by atoms with Crippen LogP contribution in [0.2, 0.25) is 0 Å². The van der Waals surface area contributed by atoms with Gasteiger partial charge in [-0.2, -0.15) is 0 Å². The predicted molar refractivity (Wildman–Crippen MR) is 81.2 cm³/mol. The second-order valence-electron chi connectivity index (χ2n) is 5.37. The van der Waals surface area contributed by atoms with E-state index >= 15 is 0 Å². The molecule has 2 aromatic heterocycles. The van der Waals surface area contributed by atoms with Crippen LogP contribution in [-0.2, 0) is 12.0 Å². The van der Waals surface area contributed by atoms with Crippen LogP contribution >= 0.6 is 22.7 Å². The topological polar surface area (TPSA) is 71.0 Å². The lowest BCUT2D eigenvalue weighted by molar-refractivity contribution is 0.220. The minimum atomic E-state index is -0.211. The van der Waals surface area contributed by atoms with Gasteiger partial charge in [0, 0.05) is 24.0 Å². The summed E-state index contributed by atoms with van der Waals surface area (Å²) in [6.45, 7) is 6.67. The van der Waals surface area contributed by atoms with Gasteiger partial charge in [0.05, 0.1) is 6.54 Å². The number of anilines is 1. The fourth-order valence-corrected chi connectivity index (χ4v) is 2.83. The molecular weight excluding hydrogens is 294 g/mol. The number of aromatic nitrogens is 3. The van der Waals surface area contributed by atoms with Gasteiger partial charge in [-0.3, -0.25) is 5.32 Å². The average molecular weight is 311 g/mol. The number of nitrogens with zero attached hydrogens (tertiary/aromatic N) is 4. The zero-order valence-corrected chi connectivity index (χ0v) is 13.5. The summed E-state index contributed by atoms with van der Waals surface area (Å²) in [7, 11) is 1.72. The van der Waals surface area contributed by atoms with Gasteiger partial charge < -0.3 is 4.90 Å². The Labute approximate surface area is 125 Å². The van der Waals surface area contributed by atoms with E-state index in [0.717, 1.165) is 10.0 Å². The first-order chi connectivity index (χ1) is 9.36. The molecule has 0 saturated heterocycles. The second-order valence-corrected chi connectivity index (χ2v) is 7.33. The van der Waals surface area contributed by atoms with Crippen LogP contribution in [0.15, 0.2) is 11.6 Å². The monoisotopic (exact) mass is 311 g/mol. The number of hydrogen-bond donors (Lipinski definition) is 1. The minimum Gasteiger partial charge on any atom is -0.321 e. The third-order valence-corrected chi connectivity index (χ3v) is 4.51. The summed E-state index contributed by atoms with van der Waals surface area (Å²) in [5.74, 6) is 0. The fraction of sp³-hybridized carbons (Fsp3) is 0.500. The number of carbonyl (C=O) groups excluding carboxylic acids is 1. The Balaban J connectivity index is 1.95. The van der Waals surface area contributed by atoms with Crippen LogP contribution in [0, 0.1) is 0 Å². The molecule has 0 spiro atoms. The van der Waals surface area contributed by atoms with E-state index in [0.29, 0.717) is 11.7 Å². The van der Waals surface area contributed by atoms with Crippen molar-refractivity contribution in [3.8, 4) is 0 Å². The summed E-state index contributed by atoms with van der Waals surface area (Å²) in [6.07, 6.45) is 1.73. The molecule has 0 aliphatic heterocycles. The molecule has 2 heterocycles. The highest BCUT2D eigenvalue weighted by Crippen LogP contribution is 2.27. The lowest BCUT2D eigenvalue weighted by atomic mass is 9.98. The minimum absolute atomic E-state index is 0.0621. The van der Waals surface area contributed by atoms with E-state index in [9.17, 15) is 4.79 Å². The molecule has 0 saturated carbocycles. The number of thiazole rings is 1. The van der Waals surface area contributed by atoms with E-state index in [1.54, 1.807) is 18.1 Å². The van der Waals surface area contributed by atoms with Gasteiger partial charge in [0.25, 0.3) is 0 Å². The number of urea groups is 1. The molecule has 8 heteroatoms. The molecule has 0 fully saturated rings. The van der Waals surface area contributed by atoms with Crippen molar-refractivity contribution in [2.24, 2.45) is 0 Å². The van der Waals surface area contributed by atoms with Crippen LogP contribution in [0.1, 0.15) is 30.8 Å². The molecule has 0 radical (unpaired) electrons. The van der Waals surface area contributed by atoms with Gasteiger partial charge in [-0.05, 0) is 0 Å².